The molecule has 3 heterocycles. The van der Waals surface area contributed by atoms with Gasteiger partial charge in [0.15, 0.2) is 5.13 Å². The van der Waals surface area contributed by atoms with Crippen LogP contribution in [-0.2, 0) is 0 Å². The van der Waals surface area contributed by atoms with Crippen molar-refractivity contribution in [1.82, 2.24) is 24.8 Å². The number of hydrogen-bond donors (Lipinski definition) is 3. The summed E-state index contributed by atoms with van der Waals surface area (Å²) in [5.41, 5.74) is 2.99. The van der Waals surface area contributed by atoms with E-state index in [4.69, 9.17) is 9.72 Å². The highest BCUT2D eigenvalue weighted by Gasteiger charge is 2.20. The summed E-state index contributed by atoms with van der Waals surface area (Å²) >= 11 is 1.58. The Morgan fingerprint density at radius 2 is 1.92 bits per heavy atom. The Hall–Kier alpha value is -3.34. The van der Waals surface area contributed by atoms with Gasteiger partial charge >= 0.3 is 0 Å². The zero-order chi connectivity index (χ0) is 24.9. The average Bonchev–Trinajstić information content (AvgIpc) is 3.27. The minimum Gasteiger partial charge on any atom is -0.491 e. The molecule has 1 fully saturated rings. The zero-order valence-corrected chi connectivity index (χ0v) is 21.3. The van der Waals surface area contributed by atoms with Crippen molar-refractivity contribution in [2.75, 3.05) is 37.9 Å². The third-order valence-corrected chi connectivity index (χ3v) is 7.10. The van der Waals surface area contributed by atoms with Crippen molar-refractivity contribution < 1.29 is 9.84 Å². The standard InChI is InChI=1S/C26H31N7O2S/c1-33(2)11-12-35-21-13-18(15-27-16-21)17-3-8-22-23(14-17)36-26(30-22)32-24-9-10-28-25(31-24)29-19-4-6-20(34)7-5-19/h3,8-10,13-16,19-20,34H,4-7,11-12H2,1-2H3,(H2,28,29,30,31,32). The molecule has 0 bridgehead atoms. The van der Waals surface area contributed by atoms with Crippen molar-refractivity contribution in [3.8, 4) is 16.9 Å². The fourth-order valence-corrected chi connectivity index (χ4v) is 5.08. The predicted octanol–water partition coefficient (Wildman–Crippen LogP) is 4.55. The fourth-order valence-electron chi connectivity index (χ4n) is 4.17. The Morgan fingerprint density at radius 3 is 2.75 bits per heavy atom. The lowest BCUT2D eigenvalue weighted by molar-refractivity contribution is 0.126. The summed E-state index contributed by atoms with van der Waals surface area (Å²) in [6.07, 6.45) is 8.61. The molecule has 36 heavy (non-hydrogen) atoms. The maximum absolute atomic E-state index is 9.72. The predicted molar refractivity (Wildman–Crippen MR) is 144 cm³/mol. The summed E-state index contributed by atoms with van der Waals surface area (Å²) < 4.78 is 6.92. The molecule has 5 rings (SSSR count). The van der Waals surface area contributed by atoms with E-state index in [1.807, 2.05) is 38.5 Å². The van der Waals surface area contributed by atoms with Gasteiger partial charge in [-0.25, -0.2) is 9.97 Å². The summed E-state index contributed by atoms with van der Waals surface area (Å²) in [5, 5.41) is 17.2. The number of likely N-dealkylation sites (N-methyl/N-ethyl adjacent to an activating group) is 1. The third-order valence-electron chi connectivity index (χ3n) is 6.16. The molecule has 1 aliphatic carbocycles. The topological polar surface area (TPSA) is 108 Å². The van der Waals surface area contributed by atoms with Crippen molar-refractivity contribution in [3.05, 3.63) is 48.9 Å². The number of pyridine rings is 1. The van der Waals surface area contributed by atoms with E-state index in [9.17, 15) is 5.11 Å². The van der Waals surface area contributed by atoms with Crippen LogP contribution in [0.1, 0.15) is 25.7 Å². The molecule has 3 aromatic heterocycles. The quantitative estimate of drug-likeness (QED) is 0.302. The molecule has 0 unspecified atom stereocenters. The number of aromatic nitrogens is 4. The molecular weight excluding hydrogens is 474 g/mol. The molecule has 0 amide bonds. The number of nitrogens with zero attached hydrogens (tertiary/aromatic N) is 5. The highest BCUT2D eigenvalue weighted by Crippen LogP contribution is 2.32. The molecule has 1 aromatic carbocycles. The number of benzene rings is 1. The highest BCUT2D eigenvalue weighted by molar-refractivity contribution is 7.22. The molecule has 10 heteroatoms. The molecule has 0 radical (unpaired) electrons. The van der Waals surface area contributed by atoms with E-state index in [0.717, 1.165) is 64.5 Å². The zero-order valence-electron chi connectivity index (χ0n) is 20.5. The number of nitrogens with one attached hydrogen (secondary N) is 2. The van der Waals surface area contributed by atoms with Gasteiger partial charge in [-0.05, 0) is 69.6 Å². The van der Waals surface area contributed by atoms with Gasteiger partial charge in [0.05, 0.1) is 22.5 Å². The summed E-state index contributed by atoms with van der Waals surface area (Å²) in [5.74, 6) is 2.04. The fraction of sp³-hybridized carbons (Fsp3) is 0.385. The average molecular weight is 506 g/mol. The van der Waals surface area contributed by atoms with Crippen LogP contribution in [0.15, 0.2) is 48.9 Å². The van der Waals surface area contributed by atoms with Gasteiger partial charge in [-0.3, -0.25) is 4.98 Å². The van der Waals surface area contributed by atoms with Gasteiger partial charge in [0.2, 0.25) is 5.95 Å². The molecule has 1 aliphatic rings. The SMILES string of the molecule is CN(C)CCOc1cncc(-c2ccc3nc(Nc4ccnc(NC5CCC(O)CC5)n4)sc3c2)c1. The molecule has 9 nitrogen and oxygen atoms in total. The van der Waals surface area contributed by atoms with Crippen LogP contribution >= 0.6 is 11.3 Å². The summed E-state index contributed by atoms with van der Waals surface area (Å²) in [6.45, 7) is 1.46. The number of thiazole rings is 1. The number of rotatable bonds is 9. The molecule has 188 valence electrons. The van der Waals surface area contributed by atoms with E-state index < -0.39 is 0 Å². The molecule has 4 aromatic rings. The van der Waals surface area contributed by atoms with Gasteiger partial charge in [-0.15, -0.1) is 0 Å². The first-order chi connectivity index (χ1) is 17.5. The Balaban J connectivity index is 1.27. The molecule has 0 aliphatic heterocycles. The summed E-state index contributed by atoms with van der Waals surface area (Å²) in [7, 11) is 4.05. The summed E-state index contributed by atoms with van der Waals surface area (Å²) in [4.78, 5) is 20.1. The Morgan fingerprint density at radius 1 is 1.06 bits per heavy atom. The van der Waals surface area contributed by atoms with E-state index in [0.29, 0.717) is 18.4 Å². The van der Waals surface area contributed by atoms with Gasteiger partial charge in [0.25, 0.3) is 0 Å². The van der Waals surface area contributed by atoms with Crippen LogP contribution in [0.2, 0.25) is 0 Å². The smallest absolute Gasteiger partial charge is 0.224 e. The first-order valence-electron chi connectivity index (χ1n) is 12.2. The van der Waals surface area contributed by atoms with Crippen molar-refractivity contribution in [1.29, 1.82) is 0 Å². The van der Waals surface area contributed by atoms with Crippen molar-refractivity contribution in [2.24, 2.45) is 0 Å². The largest absolute Gasteiger partial charge is 0.491 e. The minimum absolute atomic E-state index is 0.182. The summed E-state index contributed by atoms with van der Waals surface area (Å²) in [6, 6.07) is 10.4. The van der Waals surface area contributed by atoms with E-state index in [1.54, 1.807) is 23.7 Å². The van der Waals surface area contributed by atoms with E-state index in [1.165, 1.54) is 0 Å². The van der Waals surface area contributed by atoms with Crippen molar-refractivity contribution in [2.45, 2.75) is 37.8 Å². The van der Waals surface area contributed by atoms with Gasteiger partial charge < -0.3 is 25.4 Å². The lowest BCUT2D eigenvalue weighted by Gasteiger charge is -2.26. The number of aliphatic hydroxyl groups is 1. The molecule has 0 spiro atoms. The second-order valence-electron chi connectivity index (χ2n) is 9.30. The molecule has 0 atom stereocenters. The van der Waals surface area contributed by atoms with Gasteiger partial charge in [0, 0.05) is 30.5 Å². The number of aliphatic hydroxyl groups excluding tert-OH is 1. The van der Waals surface area contributed by atoms with Crippen molar-refractivity contribution >= 4 is 38.5 Å². The second-order valence-corrected chi connectivity index (χ2v) is 10.3. The van der Waals surface area contributed by atoms with Crippen LogP contribution in [0.25, 0.3) is 21.3 Å². The van der Waals surface area contributed by atoms with Gasteiger partial charge in [-0.1, -0.05) is 17.4 Å². The van der Waals surface area contributed by atoms with Gasteiger partial charge in [-0.2, -0.15) is 4.98 Å². The molecular formula is C26H31N7O2S. The Kier molecular flexibility index (Phi) is 7.55. The van der Waals surface area contributed by atoms with Crippen LogP contribution in [0.5, 0.6) is 5.75 Å². The van der Waals surface area contributed by atoms with Crippen LogP contribution in [0, 0.1) is 0 Å². The number of hydrogen-bond acceptors (Lipinski definition) is 10. The third kappa shape index (κ3) is 6.26. The highest BCUT2D eigenvalue weighted by atomic mass is 32.1. The first-order valence-corrected chi connectivity index (χ1v) is 13.0. The molecule has 0 saturated heterocycles. The number of fused-ring (bicyclic) bond motifs is 1. The first kappa shape index (κ1) is 24.4. The lowest BCUT2D eigenvalue weighted by Crippen LogP contribution is -2.28. The Bertz CT molecular complexity index is 1300. The second kappa shape index (κ2) is 11.2. The minimum atomic E-state index is -0.182. The monoisotopic (exact) mass is 505 g/mol. The normalized spacial score (nSPS) is 17.9. The van der Waals surface area contributed by atoms with Gasteiger partial charge in [0.1, 0.15) is 18.2 Å². The maximum atomic E-state index is 9.72. The molecule has 3 N–H and O–H groups in total. The lowest BCUT2D eigenvalue weighted by atomic mass is 9.93. The Labute approximate surface area is 214 Å². The van der Waals surface area contributed by atoms with Crippen LogP contribution in [-0.4, -0.2) is 69.3 Å². The van der Waals surface area contributed by atoms with E-state index >= 15 is 0 Å². The van der Waals surface area contributed by atoms with Crippen LogP contribution < -0.4 is 15.4 Å². The van der Waals surface area contributed by atoms with Crippen LogP contribution in [0.4, 0.5) is 16.9 Å². The van der Waals surface area contributed by atoms with E-state index in [-0.39, 0.29) is 12.1 Å². The van der Waals surface area contributed by atoms with Crippen molar-refractivity contribution in [3.63, 3.8) is 0 Å². The maximum Gasteiger partial charge on any atom is 0.224 e. The molecule has 1 saturated carbocycles. The van der Waals surface area contributed by atoms with Crippen LogP contribution in [0.3, 0.4) is 0 Å². The van der Waals surface area contributed by atoms with E-state index in [2.05, 4.69) is 42.6 Å². The number of ether oxygens (including phenoxy) is 1. The number of anilines is 3.